The van der Waals surface area contributed by atoms with Gasteiger partial charge in [-0.25, -0.2) is 0 Å². The Kier molecular flexibility index (Phi) is 5.98. The molecule has 0 aromatic heterocycles. The van der Waals surface area contributed by atoms with E-state index in [1.165, 1.54) is 5.57 Å². The van der Waals surface area contributed by atoms with Crippen molar-refractivity contribution in [1.82, 2.24) is 0 Å². The van der Waals surface area contributed by atoms with Crippen molar-refractivity contribution in [2.75, 3.05) is 6.61 Å². The summed E-state index contributed by atoms with van der Waals surface area (Å²) in [5.74, 6) is 0.634. The molecular formula is C14H30OSi. The number of rotatable bonds is 5. The van der Waals surface area contributed by atoms with E-state index in [-0.39, 0.29) is 0 Å². The SMILES string of the molecule is CC(C)=CC(C)CCO[Si](C)(C)C(C)(C)C. The van der Waals surface area contributed by atoms with Crippen LogP contribution in [0.1, 0.15) is 48.0 Å². The molecule has 0 radical (unpaired) electrons. The minimum atomic E-state index is -1.53. The summed E-state index contributed by atoms with van der Waals surface area (Å²) in [6.07, 6.45) is 3.46. The van der Waals surface area contributed by atoms with Crippen molar-refractivity contribution in [3.63, 3.8) is 0 Å². The minimum Gasteiger partial charge on any atom is -0.417 e. The molecule has 16 heavy (non-hydrogen) atoms. The van der Waals surface area contributed by atoms with Crippen molar-refractivity contribution in [3.8, 4) is 0 Å². The summed E-state index contributed by atoms with van der Waals surface area (Å²) >= 11 is 0. The predicted molar refractivity (Wildman–Crippen MR) is 76.4 cm³/mol. The first kappa shape index (κ1) is 15.9. The average Bonchev–Trinajstić information content (AvgIpc) is 1.99. The maximum atomic E-state index is 6.16. The van der Waals surface area contributed by atoms with Crippen molar-refractivity contribution in [2.45, 2.75) is 66.1 Å². The van der Waals surface area contributed by atoms with Gasteiger partial charge in [0.2, 0.25) is 0 Å². The third-order valence-corrected chi connectivity index (χ3v) is 8.00. The van der Waals surface area contributed by atoms with Crippen molar-refractivity contribution in [3.05, 3.63) is 11.6 Å². The Morgan fingerprint density at radius 2 is 1.75 bits per heavy atom. The van der Waals surface area contributed by atoms with Crippen LogP contribution in [-0.4, -0.2) is 14.9 Å². The third kappa shape index (κ3) is 5.85. The maximum Gasteiger partial charge on any atom is 0.191 e. The summed E-state index contributed by atoms with van der Waals surface area (Å²) in [5.41, 5.74) is 1.40. The zero-order valence-corrected chi connectivity index (χ0v) is 13.5. The quantitative estimate of drug-likeness (QED) is 0.487. The van der Waals surface area contributed by atoms with Gasteiger partial charge in [0.15, 0.2) is 8.32 Å². The van der Waals surface area contributed by atoms with Crippen LogP contribution in [0.4, 0.5) is 0 Å². The molecular weight excluding hydrogens is 212 g/mol. The number of hydrogen-bond donors (Lipinski definition) is 0. The summed E-state index contributed by atoms with van der Waals surface area (Å²) in [6, 6.07) is 0. The molecule has 96 valence electrons. The highest BCUT2D eigenvalue weighted by molar-refractivity contribution is 6.74. The van der Waals surface area contributed by atoms with Gasteiger partial charge in [-0.05, 0) is 44.3 Å². The van der Waals surface area contributed by atoms with Gasteiger partial charge in [-0.15, -0.1) is 0 Å². The highest BCUT2D eigenvalue weighted by Crippen LogP contribution is 2.36. The highest BCUT2D eigenvalue weighted by atomic mass is 28.4. The fourth-order valence-corrected chi connectivity index (χ4v) is 2.43. The van der Waals surface area contributed by atoms with Crippen molar-refractivity contribution < 1.29 is 4.43 Å². The summed E-state index contributed by atoms with van der Waals surface area (Å²) in [7, 11) is -1.53. The van der Waals surface area contributed by atoms with E-state index >= 15 is 0 Å². The van der Waals surface area contributed by atoms with E-state index in [0.29, 0.717) is 11.0 Å². The summed E-state index contributed by atoms with van der Waals surface area (Å²) in [6.45, 7) is 19.0. The number of hydrogen-bond acceptors (Lipinski definition) is 1. The molecule has 0 N–H and O–H groups in total. The molecule has 0 fully saturated rings. The first-order chi connectivity index (χ1) is 7.06. The molecule has 0 saturated carbocycles. The Labute approximate surface area is 103 Å². The van der Waals surface area contributed by atoms with Crippen molar-refractivity contribution in [1.29, 1.82) is 0 Å². The van der Waals surface area contributed by atoms with Gasteiger partial charge in [-0.2, -0.15) is 0 Å². The molecule has 0 aromatic rings. The van der Waals surface area contributed by atoms with Crippen molar-refractivity contribution in [2.24, 2.45) is 5.92 Å². The van der Waals surface area contributed by atoms with Crippen LogP contribution in [0.2, 0.25) is 18.1 Å². The Balaban J connectivity index is 4.04. The molecule has 0 spiro atoms. The first-order valence-electron chi connectivity index (χ1n) is 6.35. The molecule has 0 aliphatic heterocycles. The predicted octanol–water partition coefficient (Wildman–Crippen LogP) is 5.00. The van der Waals surface area contributed by atoms with Crippen LogP contribution in [-0.2, 0) is 4.43 Å². The lowest BCUT2D eigenvalue weighted by atomic mass is 10.1. The second-order valence-corrected chi connectivity index (χ2v) is 11.4. The van der Waals surface area contributed by atoms with Crippen LogP contribution in [0.3, 0.4) is 0 Å². The van der Waals surface area contributed by atoms with Gasteiger partial charge in [0.1, 0.15) is 0 Å². The van der Waals surface area contributed by atoms with Crippen LogP contribution in [0.5, 0.6) is 0 Å². The largest absolute Gasteiger partial charge is 0.417 e. The van der Waals surface area contributed by atoms with E-state index in [4.69, 9.17) is 4.43 Å². The summed E-state index contributed by atoms with van der Waals surface area (Å²) < 4.78 is 6.16. The molecule has 1 atom stereocenters. The van der Waals surface area contributed by atoms with Gasteiger partial charge in [0.25, 0.3) is 0 Å². The zero-order valence-electron chi connectivity index (χ0n) is 12.5. The molecule has 1 nitrogen and oxygen atoms in total. The molecule has 0 rings (SSSR count). The fourth-order valence-electron chi connectivity index (χ4n) is 1.37. The normalized spacial score (nSPS) is 14.8. The number of allylic oxidation sites excluding steroid dienone is 2. The lowest BCUT2D eigenvalue weighted by molar-refractivity contribution is 0.270. The van der Waals surface area contributed by atoms with Gasteiger partial charge in [0, 0.05) is 6.61 Å². The van der Waals surface area contributed by atoms with Gasteiger partial charge in [0.05, 0.1) is 0 Å². The monoisotopic (exact) mass is 242 g/mol. The van der Waals surface area contributed by atoms with E-state index in [9.17, 15) is 0 Å². The smallest absolute Gasteiger partial charge is 0.191 e. The third-order valence-electron chi connectivity index (χ3n) is 3.46. The molecule has 2 heteroatoms. The minimum absolute atomic E-state index is 0.326. The molecule has 0 heterocycles. The van der Waals surface area contributed by atoms with Crippen LogP contribution < -0.4 is 0 Å². The highest BCUT2D eigenvalue weighted by Gasteiger charge is 2.36. The first-order valence-corrected chi connectivity index (χ1v) is 9.26. The van der Waals surface area contributed by atoms with Crippen molar-refractivity contribution >= 4 is 8.32 Å². The van der Waals surface area contributed by atoms with Crippen LogP contribution in [0.25, 0.3) is 0 Å². The van der Waals surface area contributed by atoms with E-state index in [2.05, 4.69) is 60.7 Å². The summed E-state index contributed by atoms with van der Waals surface area (Å²) in [4.78, 5) is 0. The molecule has 1 unspecified atom stereocenters. The second-order valence-electron chi connectivity index (χ2n) is 6.62. The zero-order chi connectivity index (χ0) is 13.0. The van der Waals surface area contributed by atoms with Gasteiger partial charge < -0.3 is 4.43 Å². The van der Waals surface area contributed by atoms with Gasteiger partial charge >= 0.3 is 0 Å². The Bertz CT molecular complexity index is 232. The molecule has 0 amide bonds. The lowest BCUT2D eigenvalue weighted by Gasteiger charge is -2.36. The Morgan fingerprint density at radius 1 is 1.25 bits per heavy atom. The topological polar surface area (TPSA) is 9.23 Å². The maximum absolute atomic E-state index is 6.16. The van der Waals surface area contributed by atoms with Crippen LogP contribution in [0, 0.1) is 5.92 Å². The molecule has 0 saturated heterocycles. The van der Waals surface area contributed by atoms with Crippen LogP contribution in [0.15, 0.2) is 11.6 Å². The fraction of sp³-hybridized carbons (Fsp3) is 0.857. The van der Waals surface area contributed by atoms with E-state index in [0.717, 1.165) is 13.0 Å². The Hall–Kier alpha value is -0.0831. The molecule has 0 aliphatic rings. The molecule has 0 bridgehead atoms. The van der Waals surface area contributed by atoms with Gasteiger partial charge in [-0.1, -0.05) is 39.3 Å². The van der Waals surface area contributed by atoms with E-state index in [1.54, 1.807) is 0 Å². The van der Waals surface area contributed by atoms with Crippen LogP contribution >= 0.6 is 0 Å². The Morgan fingerprint density at radius 3 is 2.12 bits per heavy atom. The van der Waals surface area contributed by atoms with E-state index < -0.39 is 8.32 Å². The lowest BCUT2D eigenvalue weighted by Crippen LogP contribution is -2.41. The van der Waals surface area contributed by atoms with Gasteiger partial charge in [-0.3, -0.25) is 0 Å². The van der Waals surface area contributed by atoms with E-state index in [1.807, 2.05) is 0 Å². The molecule has 0 aromatic carbocycles. The second kappa shape index (κ2) is 6.01. The summed E-state index contributed by atoms with van der Waals surface area (Å²) in [5, 5.41) is 0.326. The molecule has 0 aliphatic carbocycles. The standard InChI is InChI=1S/C14H30OSi/c1-12(2)11-13(3)9-10-15-16(7,8)14(4,5)6/h11,13H,9-10H2,1-8H3. The average molecular weight is 242 g/mol.